The zero-order valence-electron chi connectivity index (χ0n) is 34.4. The number of anilines is 6. The first-order valence-electron chi connectivity index (χ1n) is 20.6. The SMILES string of the molecule is COc1ccc(N(c2ccc(Cc3ccc(-c4ccc(N(c5ccc(OC)cc5)c5ccc(-c6ccccc6)cc5)cc4)cc3)cc2)c2ccc(-c3ccccc3)cc2)cc1. The summed E-state index contributed by atoms with van der Waals surface area (Å²) in [7, 11) is 3.40. The van der Waals surface area contributed by atoms with E-state index < -0.39 is 0 Å². The van der Waals surface area contributed by atoms with E-state index in [-0.39, 0.29) is 0 Å². The lowest BCUT2D eigenvalue weighted by atomic mass is 9.99. The Morgan fingerprint density at radius 1 is 0.262 bits per heavy atom. The Kier molecular flexibility index (Phi) is 11.4. The summed E-state index contributed by atoms with van der Waals surface area (Å²) in [5.74, 6) is 1.66. The predicted octanol–water partition coefficient (Wildman–Crippen LogP) is 15.2. The number of ether oxygens (including phenoxy) is 2. The molecule has 0 unspecified atom stereocenters. The molecule has 9 rings (SSSR count). The van der Waals surface area contributed by atoms with Crippen LogP contribution in [0.4, 0.5) is 34.1 Å². The van der Waals surface area contributed by atoms with Crippen LogP contribution in [0.2, 0.25) is 0 Å². The average Bonchev–Trinajstić information content (AvgIpc) is 3.34. The topological polar surface area (TPSA) is 24.9 Å². The second kappa shape index (κ2) is 18.0. The minimum atomic E-state index is 0.830. The van der Waals surface area contributed by atoms with Crippen molar-refractivity contribution in [3.8, 4) is 44.9 Å². The molecule has 61 heavy (non-hydrogen) atoms. The molecule has 9 aromatic carbocycles. The van der Waals surface area contributed by atoms with Crippen molar-refractivity contribution in [3.63, 3.8) is 0 Å². The molecule has 0 amide bonds. The highest BCUT2D eigenvalue weighted by Crippen LogP contribution is 2.39. The van der Waals surface area contributed by atoms with E-state index in [4.69, 9.17) is 9.47 Å². The van der Waals surface area contributed by atoms with Crippen LogP contribution < -0.4 is 19.3 Å². The second-order valence-corrected chi connectivity index (χ2v) is 15.0. The normalized spacial score (nSPS) is 10.9. The molecular formula is C57H46N2O2. The highest BCUT2D eigenvalue weighted by Gasteiger charge is 2.15. The van der Waals surface area contributed by atoms with E-state index in [9.17, 15) is 0 Å². The van der Waals surface area contributed by atoms with Gasteiger partial charge in [-0.15, -0.1) is 0 Å². The third-order valence-corrected chi connectivity index (χ3v) is 11.1. The van der Waals surface area contributed by atoms with Crippen molar-refractivity contribution in [2.75, 3.05) is 24.0 Å². The van der Waals surface area contributed by atoms with Gasteiger partial charge in [0.2, 0.25) is 0 Å². The third-order valence-electron chi connectivity index (χ3n) is 11.1. The number of nitrogens with zero attached hydrogens (tertiary/aromatic N) is 2. The molecule has 0 saturated heterocycles. The van der Waals surface area contributed by atoms with Crippen molar-refractivity contribution in [2.24, 2.45) is 0 Å². The Hall–Kier alpha value is -7.82. The van der Waals surface area contributed by atoms with Gasteiger partial charge in [-0.2, -0.15) is 0 Å². The summed E-state index contributed by atoms with van der Waals surface area (Å²) in [4.78, 5) is 4.57. The molecule has 0 fully saturated rings. The molecule has 9 aromatic rings. The summed E-state index contributed by atoms with van der Waals surface area (Å²) in [6.45, 7) is 0. The van der Waals surface area contributed by atoms with Crippen LogP contribution in [-0.4, -0.2) is 14.2 Å². The van der Waals surface area contributed by atoms with Crippen LogP contribution in [-0.2, 0) is 6.42 Å². The standard InChI is InChI=1S/C57H46N2O2/c1-60-56-37-33-54(34-38-56)58(51-27-19-47(20-28-51)44-9-5-3-6-10-44)50-25-15-43(16-26-50)41-42-13-17-46(18-14-42)49-23-31-53(32-24-49)59(55-35-39-57(61-2)40-36-55)52-29-21-48(22-30-52)45-11-7-4-8-12-45/h3-40H,41H2,1-2H3. The number of hydrogen-bond donors (Lipinski definition) is 0. The lowest BCUT2D eigenvalue weighted by molar-refractivity contribution is 0.414. The van der Waals surface area contributed by atoms with E-state index in [1.54, 1.807) is 14.2 Å². The molecule has 0 saturated carbocycles. The average molecular weight is 791 g/mol. The van der Waals surface area contributed by atoms with Gasteiger partial charge in [-0.1, -0.05) is 133 Å². The summed E-state index contributed by atoms with van der Waals surface area (Å²) < 4.78 is 10.9. The quantitative estimate of drug-likeness (QED) is 0.116. The lowest BCUT2D eigenvalue weighted by Crippen LogP contribution is -2.10. The summed E-state index contributed by atoms with van der Waals surface area (Å²) >= 11 is 0. The maximum Gasteiger partial charge on any atom is 0.119 e. The molecule has 0 spiro atoms. The molecule has 0 heterocycles. The first kappa shape index (κ1) is 38.7. The molecule has 0 aliphatic carbocycles. The van der Waals surface area contributed by atoms with E-state index in [1.165, 1.54) is 44.5 Å². The summed E-state index contributed by atoms with van der Waals surface area (Å²) in [5.41, 5.74) is 16.1. The van der Waals surface area contributed by atoms with Crippen LogP contribution >= 0.6 is 0 Å². The summed E-state index contributed by atoms with van der Waals surface area (Å²) in [6.07, 6.45) is 0.841. The number of benzene rings is 9. The van der Waals surface area contributed by atoms with E-state index in [0.29, 0.717) is 0 Å². The van der Waals surface area contributed by atoms with Crippen molar-refractivity contribution in [3.05, 3.63) is 242 Å². The summed E-state index contributed by atoms with van der Waals surface area (Å²) in [6, 6.07) is 81.6. The molecule has 0 N–H and O–H groups in total. The Balaban J connectivity index is 0.920. The first-order chi connectivity index (χ1) is 30.1. The van der Waals surface area contributed by atoms with E-state index in [0.717, 1.165) is 52.0 Å². The highest BCUT2D eigenvalue weighted by molar-refractivity contribution is 5.81. The first-order valence-corrected chi connectivity index (χ1v) is 20.6. The molecule has 0 bridgehead atoms. The number of methoxy groups -OCH3 is 2. The zero-order valence-corrected chi connectivity index (χ0v) is 34.4. The van der Waals surface area contributed by atoms with E-state index in [2.05, 4.69) is 204 Å². The predicted molar refractivity (Wildman–Crippen MR) is 254 cm³/mol. The van der Waals surface area contributed by atoms with Gasteiger partial charge in [-0.25, -0.2) is 0 Å². The van der Waals surface area contributed by atoms with Gasteiger partial charge in [0, 0.05) is 34.1 Å². The smallest absolute Gasteiger partial charge is 0.119 e. The molecule has 0 radical (unpaired) electrons. The fraction of sp³-hybridized carbons (Fsp3) is 0.0526. The molecular weight excluding hydrogens is 745 g/mol. The van der Waals surface area contributed by atoms with Crippen molar-refractivity contribution in [2.45, 2.75) is 6.42 Å². The Labute approximate surface area is 359 Å². The van der Waals surface area contributed by atoms with Gasteiger partial charge in [0.05, 0.1) is 14.2 Å². The van der Waals surface area contributed by atoms with Crippen molar-refractivity contribution in [1.29, 1.82) is 0 Å². The Morgan fingerprint density at radius 3 is 0.787 bits per heavy atom. The van der Waals surface area contributed by atoms with Crippen molar-refractivity contribution < 1.29 is 9.47 Å². The molecule has 0 aliphatic heterocycles. The van der Waals surface area contributed by atoms with Crippen LogP contribution in [0.3, 0.4) is 0 Å². The zero-order chi connectivity index (χ0) is 41.4. The Morgan fingerprint density at radius 2 is 0.492 bits per heavy atom. The minimum absolute atomic E-state index is 0.830. The Bertz CT molecular complexity index is 2770. The highest BCUT2D eigenvalue weighted by atomic mass is 16.5. The largest absolute Gasteiger partial charge is 0.497 e. The second-order valence-electron chi connectivity index (χ2n) is 15.0. The molecule has 0 atom stereocenters. The third kappa shape index (κ3) is 8.80. The minimum Gasteiger partial charge on any atom is -0.497 e. The van der Waals surface area contributed by atoms with Crippen LogP contribution in [0.25, 0.3) is 33.4 Å². The van der Waals surface area contributed by atoms with Gasteiger partial charge in [0.15, 0.2) is 0 Å². The van der Waals surface area contributed by atoms with Crippen molar-refractivity contribution >= 4 is 34.1 Å². The molecule has 0 aromatic heterocycles. The maximum atomic E-state index is 5.47. The summed E-state index contributed by atoms with van der Waals surface area (Å²) in [5, 5.41) is 0. The van der Waals surface area contributed by atoms with Crippen LogP contribution in [0, 0.1) is 0 Å². The van der Waals surface area contributed by atoms with E-state index in [1.807, 2.05) is 36.4 Å². The molecule has 296 valence electrons. The van der Waals surface area contributed by atoms with Gasteiger partial charge in [-0.3, -0.25) is 0 Å². The van der Waals surface area contributed by atoms with E-state index >= 15 is 0 Å². The molecule has 4 nitrogen and oxygen atoms in total. The lowest BCUT2D eigenvalue weighted by Gasteiger charge is -2.26. The monoisotopic (exact) mass is 790 g/mol. The van der Waals surface area contributed by atoms with Crippen molar-refractivity contribution in [1.82, 2.24) is 0 Å². The fourth-order valence-corrected chi connectivity index (χ4v) is 7.84. The van der Waals surface area contributed by atoms with Gasteiger partial charge in [0.25, 0.3) is 0 Å². The number of rotatable bonds is 13. The molecule has 4 heteroatoms. The van der Waals surface area contributed by atoms with Crippen LogP contribution in [0.5, 0.6) is 11.5 Å². The fourth-order valence-electron chi connectivity index (χ4n) is 7.84. The van der Waals surface area contributed by atoms with Gasteiger partial charge in [0.1, 0.15) is 11.5 Å². The maximum absolute atomic E-state index is 5.47. The van der Waals surface area contributed by atoms with Gasteiger partial charge < -0.3 is 19.3 Å². The molecule has 0 aliphatic rings. The van der Waals surface area contributed by atoms with Gasteiger partial charge >= 0.3 is 0 Å². The van der Waals surface area contributed by atoms with Crippen LogP contribution in [0.1, 0.15) is 11.1 Å². The van der Waals surface area contributed by atoms with Crippen LogP contribution in [0.15, 0.2) is 231 Å². The number of hydrogen-bond acceptors (Lipinski definition) is 4. The van der Waals surface area contributed by atoms with Gasteiger partial charge in [-0.05, 0) is 148 Å².